The average Bonchev–Trinajstić information content (AvgIpc) is 3.29. The van der Waals surface area contributed by atoms with Crippen LogP contribution < -0.4 is 0 Å². The van der Waals surface area contributed by atoms with Crippen LogP contribution in [0.5, 0.6) is 0 Å². The zero-order chi connectivity index (χ0) is 18.1. The number of sulfone groups is 1. The molecule has 0 unspecified atom stereocenters. The van der Waals surface area contributed by atoms with E-state index >= 15 is 4.39 Å². The number of aromatic nitrogens is 1. The number of halogens is 1. The van der Waals surface area contributed by atoms with Crippen molar-refractivity contribution >= 4 is 31.4 Å². The molecule has 7 heteroatoms. The lowest BCUT2D eigenvalue weighted by molar-refractivity contribution is 0.184. The van der Waals surface area contributed by atoms with E-state index < -0.39 is 21.4 Å². The van der Waals surface area contributed by atoms with E-state index in [1.54, 1.807) is 18.2 Å². The van der Waals surface area contributed by atoms with Crippen molar-refractivity contribution in [1.29, 1.82) is 0 Å². The predicted octanol–water partition coefficient (Wildman–Crippen LogP) is 4.03. The number of alkyl halides is 1. The molecular formula is C19H19FN2O2S2. The Morgan fingerprint density at radius 1 is 1.15 bits per heavy atom. The summed E-state index contributed by atoms with van der Waals surface area (Å²) >= 11 is 1.04. The molecule has 0 spiro atoms. The van der Waals surface area contributed by atoms with Gasteiger partial charge in [0.05, 0.1) is 16.3 Å². The summed E-state index contributed by atoms with van der Waals surface area (Å²) in [7, 11) is -4.11. The van der Waals surface area contributed by atoms with Gasteiger partial charge in [0.15, 0.2) is 0 Å². The molecule has 4 rings (SSSR count). The highest BCUT2D eigenvalue weighted by Crippen LogP contribution is 2.33. The van der Waals surface area contributed by atoms with E-state index in [2.05, 4.69) is 4.98 Å². The third kappa shape index (κ3) is 3.26. The molecule has 1 aromatic heterocycles. The number of fused-ring (bicyclic) bond motifs is 1. The third-order valence-electron chi connectivity index (χ3n) is 4.76. The van der Waals surface area contributed by atoms with Gasteiger partial charge in [-0.25, -0.2) is 17.8 Å². The number of hydrogen-bond acceptors (Lipinski definition) is 5. The number of nitrogens with zero attached hydrogens (tertiary/aromatic N) is 2. The van der Waals surface area contributed by atoms with Gasteiger partial charge in [-0.05, 0) is 37.1 Å². The summed E-state index contributed by atoms with van der Waals surface area (Å²) in [5, 5.41) is 0. The molecular weight excluding hydrogens is 371 g/mol. The summed E-state index contributed by atoms with van der Waals surface area (Å²) in [6, 6.07) is 16.3. The van der Waals surface area contributed by atoms with E-state index in [4.69, 9.17) is 0 Å². The van der Waals surface area contributed by atoms with Crippen molar-refractivity contribution < 1.29 is 12.8 Å². The van der Waals surface area contributed by atoms with Crippen LogP contribution in [-0.4, -0.2) is 36.4 Å². The maximum atomic E-state index is 15.2. The molecule has 0 N–H and O–H groups in total. The summed E-state index contributed by atoms with van der Waals surface area (Å²) in [5.74, 6) is 0. The molecule has 1 aliphatic heterocycles. The van der Waals surface area contributed by atoms with Crippen LogP contribution in [0.15, 0.2) is 58.9 Å². The summed E-state index contributed by atoms with van der Waals surface area (Å²) in [6.45, 7) is 1.26. The number of para-hydroxylation sites is 1. The Morgan fingerprint density at radius 2 is 1.88 bits per heavy atom. The molecule has 1 saturated heterocycles. The first-order chi connectivity index (χ1) is 12.6. The molecule has 2 heterocycles. The molecule has 2 atom stereocenters. The van der Waals surface area contributed by atoms with Gasteiger partial charge < -0.3 is 0 Å². The van der Waals surface area contributed by atoms with Crippen molar-refractivity contribution in [2.24, 2.45) is 0 Å². The standard InChI is InChI=1S/C19H19FN2O2S2/c20-18(16-10-6-12-22(16)13-14-7-2-1-3-8-14)26(23,24)19-21-15-9-4-5-11-17(15)25-19/h1-5,7-9,11,16,18H,6,10,12-13H2/t16-,18-/m1/s1. The first-order valence-corrected chi connectivity index (χ1v) is 10.9. The van der Waals surface area contributed by atoms with Gasteiger partial charge in [-0.15, -0.1) is 11.3 Å². The lowest BCUT2D eigenvalue weighted by Gasteiger charge is -2.26. The van der Waals surface area contributed by atoms with Gasteiger partial charge >= 0.3 is 0 Å². The van der Waals surface area contributed by atoms with E-state index in [9.17, 15) is 8.42 Å². The molecule has 2 aromatic carbocycles. The smallest absolute Gasteiger partial charge is 0.238 e. The largest absolute Gasteiger partial charge is 0.292 e. The Morgan fingerprint density at radius 3 is 2.65 bits per heavy atom. The van der Waals surface area contributed by atoms with Crippen molar-refractivity contribution in [2.45, 2.75) is 35.3 Å². The Labute approximate surface area is 156 Å². The van der Waals surface area contributed by atoms with Gasteiger partial charge in [-0.2, -0.15) is 0 Å². The quantitative estimate of drug-likeness (QED) is 0.660. The number of rotatable bonds is 5. The van der Waals surface area contributed by atoms with Crippen LogP contribution in [0, 0.1) is 0 Å². The molecule has 1 fully saturated rings. The maximum Gasteiger partial charge on any atom is 0.238 e. The third-order valence-corrected chi connectivity index (χ3v) is 8.02. The van der Waals surface area contributed by atoms with Gasteiger partial charge in [0.2, 0.25) is 19.7 Å². The Hall–Kier alpha value is -1.83. The average molecular weight is 391 g/mol. The predicted molar refractivity (Wildman–Crippen MR) is 102 cm³/mol. The second-order valence-electron chi connectivity index (χ2n) is 6.51. The van der Waals surface area contributed by atoms with Crippen LogP contribution in [0.3, 0.4) is 0 Å². The van der Waals surface area contributed by atoms with Crippen molar-refractivity contribution in [3.8, 4) is 0 Å². The molecule has 0 saturated carbocycles. The number of likely N-dealkylation sites (tertiary alicyclic amines) is 1. The highest BCUT2D eigenvalue weighted by atomic mass is 32.2. The minimum absolute atomic E-state index is 0.127. The van der Waals surface area contributed by atoms with E-state index in [1.807, 2.05) is 41.3 Å². The minimum atomic E-state index is -4.11. The van der Waals surface area contributed by atoms with E-state index in [0.717, 1.165) is 28.0 Å². The van der Waals surface area contributed by atoms with Gasteiger partial charge in [0.1, 0.15) is 0 Å². The summed E-state index contributed by atoms with van der Waals surface area (Å²) in [5.41, 5.74) is -0.311. The molecule has 1 aliphatic rings. The van der Waals surface area contributed by atoms with Crippen LogP contribution in [0.2, 0.25) is 0 Å². The van der Waals surface area contributed by atoms with Gasteiger partial charge in [-0.3, -0.25) is 4.90 Å². The highest BCUT2D eigenvalue weighted by Gasteiger charge is 2.42. The van der Waals surface area contributed by atoms with Crippen LogP contribution >= 0.6 is 11.3 Å². The molecule has 0 amide bonds. The Balaban J connectivity index is 1.59. The number of thiazole rings is 1. The van der Waals surface area contributed by atoms with E-state index in [1.165, 1.54) is 0 Å². The van der Waals surface area contributed by atoms with Crippen LogP contribution in [0.4, 0.5) is 4.39 Å². The molecule has 4 nitrogen and oxygen atoms in total. The van der Waals surface area contributed by atoms with Crippen molar-refractivity contribution in [1.82, 2.24) is 9.88 Å². The van der Waals surface area contributed by atoms with Crippen LogP contribution in [0.1, 0.15) is 18.4 Å². The lowest BCUT2D eigenvalue weighted by Crippen LogP contribution is -2.40. The fraction of sp³-hybridized carbons (Fsp3) is 0.316. The molecule has 0 aliphatic carbocycles. The number of benzene rings is 2. The lowest BCUT2D eigenvalue weighted by atomic mass is 10.2. The molecule has 136 valence electrons. The summed E-state index contributed by atoms with van der Waals surface area (Å²) in [6.07, 6.45) is 1.34. The first-order valence-electron chi connectivity index (χ1n) is 8.57. The summed E-state index contributed by atoms with van der Waals surface area (Å²) < 4.78 is 41.5. The van der Waals surface area contributed by atoms with Crippen molar-refractivity contribution in [3.63, 3.8) is 0 Å². The molecule has 26 heavy (non-hydrogen) atoms. The van der Waals surface area contributed by atoms with Crippen LogP contribution in [0.25, 0.3) is 10.2 Å². The van der Waals surface area contributed by atoms with Crippen LogP contribution in [-0.2, 0) is 16.4 Å². The SMILES string of the molecule is O=S(=O)(c1nc2ccccc2s1)[C@@H](F)[C@H]1CCCN1Cc1ccccc1. The zero-order valence-electron chi connectivity index (χ0n) is 14.1. The topological polar surface area (TPSA) is 50.3 Å². The normalized spacial score (nSPS) is 19.8. The fourth-order valence-corrected chi connectivity index (χ4v) is 6.29. The van der Waals surface area contributed by atoms with E-state index in [-0.39, 0.29) is 4.34 Å². The van der Waals surface area contributed by atoms with Gasteiger partial charge in [0.25, 0.3) is 0 Å². The first kappa shape index (κ1) is 17.6. The minimum Gasteiger partial charge on any atom is -0.292 e. The monoisotopic (exact) mass is 390 g/mol. The molecule has 3 aromatic rings. The Bertz CT molecular complexity index is 972. The van der Waals surface area contributed by atoms with Crippen molar-refractivity contribution in [2.75, 3.05) is 6.54 Å². The maximum absolute atomic E-state index is 15.2. The van der Waals surface area contributed by atoms with Crippen molar-refractivity contribution in [3.05, 3.63) is 60.2 Å². The summed E-state index contributed by atoms with van der Waals surface area (Å²) in [4.78, 5) is 6.09. The number of hydrogen-bond donors (Lipinski definition) is 0. The fourth-order valence-electron chi connectivity index (χ4n) is 3.44. The van der Waals surface area contributed by atoms with Gasteiger partial charge in [-0.1, -0.05) is 42.5 Å². The molecule has 0 bridgehead atoms. The van der Waals surface area contributed by atoms with E-state index in [0.29, 0.717) is 25.0 Å². The second-order valence-corrected chi connectivity index (χ2v) is 9.73. The molecule has 0 radical (unpaired) electrons. The van der Waals surface area contributed by atoms with Gasteiger partial charge in [0, 0.05) is 6.54 Å². The second kappa shape index (κ2) is 7.06. The Kier molecular flexibility index (Phi) is 4.77. The zero-order valence-corrected chi connectivity index (χ0v) is 15.7. The highest BCUT2D eigenvalue weighted by molar-refractivity contribution is 7.94.